The molecule has 0 bridgehead atoms. The Labute approximate surface area is 115 Å². The maximum atomic E-state index is 5.46. The van der Waals surface area contributed by atoms with Gasteiger partial charge in [0.25, 0.3) is 0 Å². The van der Waals surface area contributed by atoms with Gasteiger partial charge >= 0.3 is 0 Å². The normalized spacial score (nSPS) is 11.4. The van der Waals surface area contributed by atoms with Crippen molar-refractivity contribution in [3.8, 4) is 5.75 Å². The van der Waals surface area contributed by atoms with Gasteiger partial charge in [-0.2, -0.15) is 0 Å². The molecule has 2 heteroatoms. The molecule has 100 valence electrons. The van der Waals surface area contributed by atoms with Crippen LogP contribution in [0.3, 0.4) is 0 Å². The first-order valence-electron chi connectivity index (χ1n) is 6.57. The van der Waals surface area contributed by atoms with Gasteiger partial charge in [-0.3, -0.25) is 4.98 Å². The smallest absolute Gasteiger partial charge is 0.122 e. The highest BCUT2D eigenvalue weighted by Crippen LogP contribution is 2.29. The molecule has 0 saturated heterocycles. The van der Waals surface area contributed by atoms with E-state index in [2.05, 4.69) is 50.0 Å². The van der Waals surface area contributed by atoms with Crippen molar-refractivity contribution in [3.05, 3.63) is 59.4 Å². The van der Waals surface area contributed by atoms with E-state index in [1.165, 1.54) is 16.7 Å². The quantitative estimate of drug-likeness (QED) is 0.827. The Kier molecular flexibility index (Phi) is 3.89. The second-order valence-corrected chi connectivity index (χ2v) is 5.81. The average molecular weight is 255 g/mol. The number of hydrogen-bond acceptors (Lipinski definition) is 2. The largest absolute Gasteiger partial charge is 0.496 e. The summed E-state index contributed by atoms with van der Waals surface area (Å²) >= 11 is 0. The highest BCUT2D eigenvalue weighted by molar-refractivity contribution is 5.42. The molecular weight excluding hydrogens is 234 g/mol. The van der Waals surface area contributed by atoms with Crippen molar-refractivity contribution in [3.63, 3.8) is 0 Å². The molecule has 0 amide bonds. The molecule has 0 saturated carbocycles. The van der Waals surface area contributed by atoms with E-state index >= 15 is 0 Å². The molecule has 0 atom stereocenters. The predicted octanol–water partition coefficient (Wildman–Crippen LogP) is 3.98. The van der Waals surface area contributed by atoms with Gasteiger partial charge in [0, 0.05) is 18.8 Å². The summed E-state index contributed by atoms with van der Waals surface area (Å²) in [7, 11) is 1.72. The molecule has 2 nitrogen and oxygen atoms in total. The van der Waals surface area contributed by atoms with Crippen molar-refractivity contribution >= 4 is 0 Å². The Bertz CT molecular complexity index is 541. The fourth-order valence-electron chi connectivity index (χ4n) is 2.11. The molecule has 0 aliphatic carbocycles. The Morgan fingerprint density at radius 3 is 2.53 bits per heavy atom. The minimum absolute atomic E-state index is 0.149. The van der Waals surface area contributed by atoms with Crippen LogP contribution < -0.4 is 4.74 Å². The lowest BCUT2D eigenvalue weighted by Gasteiger charge is -2.21. The van der Waals surface area contributed by atoms with Crippen LogP contribution in [0, 0.1) is 0 Å². The molecular formula is C17H21NO. The first kappa shape index (κ1) is 13.6. The van der Waals surface area contributed by atoms with E-state index < -0.39 is 0 Å². The predicted molar refractivity (Wildman–Crippen MR) is 78.7 cm³/mol. The lowest BCUT2D eigenvalue weighted by atomic mass is 9.85. The Morgan fingerprint density at radius 1 is 1.16 bits per heavy atom. The topological polar surface area (TPSA) is 22.1 Å². The molecule has 2 rings (SSSR count). The van der Waals surface area contributed by atoms with Crippen LogP contribution in [-0.4, -0.2) is 12.1 Å². The Balaban J connectivity index is 2.37. The van der Waals surface area contributed by atoms with Crippen LogP contribution in [0.2, 0.25) is 0 Å². The highest BCUT2D eigenvalue weighted by Gasteiger charge is 2.16. The zero-order valence-corrected chi connectivity index (χ0v) is 12.1. The van der Waals surface area contributed by atoms with Crippen LogP contribution in [0.1, 0.15) is 37.5 Å². The van der Waals surface area contributed by atoms with E-state index in [4.69, 9.17) is 4.74 Å². The monoisotopic (exact) mass is 255 g/mol. The number of rotatable bonds is 3. The summed E-state index contributed by atoms with van der Waals surface area (Å²) < 4.78 is 5.46. The summed E-state index contributed by atoms with van der Waals surface area (Å²) in [6.07, 6.45) is 4.55. The fraction of sp³-hybridized carbons (Fsp3) is 0.353. The van der Waals surface area contributed by atoms with E-state index in [1.54, 1.807) is 13.3 Å². The third-order valence-corrected chi connectivity index (χ3v) is 3.26. The molecule has 2 aromatic rings. The molecule has 1 aromatic carbocycles. The summed E-state index contributed by atoms with van der Waals surface area (Å²) in [5.41, 5.74) is 3.89. The van der Waals surface area contributed by atoms with Crippen molar-refractivity contribution in [2.24, 2.45) is 0 Å². The lowest BCUT2D eigenvalue weighted by molar-refractivity contribution is 0.410. The second kappa shape index (κ2) is 5.43. The molecule has 19 heavy (non-hydrogen) atoms. The summed E-state index contributed by atoms with van der Waals surface area (Å²) in [6, 6.07) is 10.5. The number of ether oxygens (including phenoxy) is 1. The van der Waals surface area contributed by atoms with E-state index in [-0.39, 0.29) is 5.41 Å². The van der Waals surface area contributed by atoms with Crippen LogP contribution in [0.15, 0.2) is 42.7 Å². The van der Waals surface area contributed by atoms with Gasteiger partial charge < -0.3 is 4.74 Å². The highest BCUT2D eigenvalue weighted by atomic mass is 16.5. The summed E-state index contributed by atoms with van der Waals surface area (Å²) in [4.78, 5) is 4.17. The first-order chi connectivity index (χ1) is 9.00. The second-order valence-electron chi connectivity index (χ2n) is 5.81. The SMILES string of the molecule is COc1ccc(C(C)(C)C)cc1Cc1cccnc1. The Morgan fingerprint density at radius 2 is 1.95 bits per heavy atom. The van der Waals surface area contributed by atoms with Crippen LogP contribution in [0.25, 0.3) is 0 Å². The lowest BCUT2D eigenvalue weighted by Crippen LogP contribution is -2.11. The third kappa shape index (κ3) is 3.34. The fourth-order valence-corrected chi connectivity index (χ4v) is 2.11. The van der Waals surface area contributed by atoms with Gasteiger partial charge in [-0.15, -0.1) is 0 Å². The molecule has 0 radical (unpaired) electrons. The van der Waals surface area contributed by atoms with E-state index in [9.17, 15) is 0 Å². The Hall–Kier alpha value is -1.83. The summed E-state index contributed by atoms with van der Waals surface area (Å²) in [5.74, 6) is 0.942. The van der Waals surface area contributed by atoms with Crippen LogP contribution in [0.5, 0.6) is 5.75 Å². The minimum Gasteiger partial charge on any atom is -0.496 e. The maximum Gasteiger partial charge on any atom is 0.122 e. The first-order valence-corrected chi connectivity index (χ1v) is 6.57. The number of nitrogens with zero attached hydrogens (tertiary/aromatic N) is 1. The molecule has 0 fully saturated rings. The number of methoxy groups -OCH3 is 1. The minimum atomic E-state index is 0.149. The summed E-state index contributed by atoms with van der Waals surface area (Å²) in [5, 5.41) is 0. The zero-order valence-electron chi connectivity index (χ0n) is 12.1. The van der Waals surface area contributed by atoms with Crippen molar-refractivity contribution in [2.75, 3.05) is 7.11 Å². The van der Waals surface area contributed by atoms with Crippen molar-refractivity contribution in [2.45, 2.75) is 32.6 Å². The van der Waals surface area contributed by atoms with Gasteiger partial charge in [0.2, 0.25) is 0 Å². The number of aromatic nitrogens is 1. The zero-order chi connectivity index (χ0) is 13.9. The molecule has 1 aromatic heterocycles. The third-order valence-electron chi connectivity index (χ3n) is 3.26. The van der Waals surface area contributed by atoms with Gasteiger partial charge in [-0.05, 0) is 34.2 Å². The number of hydrogen-bond donors (Lipinski definition) is 0. The molecule has 0 spiro atoms. The maximum absolute atomic E-state index is 5.46. The number of pyridine rings is 1. The van der Waals surface area contributed by atoms with Crippen molar-refractivity contribution < 1.29 is 4.74 Å². The van der Waals surface area contributed by atoms with Gasteiger partial charge in [0.1, 0.15) is 5.75 Å². The molecule has 0 unspecified atom stereocenters. The van der Waals surface area contributed by atoms with Gasteiger partial charge in [-0.25, -0.2) is 0 Å². The number of benzene rings is 1. The van der Waals surface area contributed by atoms with E-state index in [0.717, 1.165) is 12.2 Å². The van der Waals surface area contributed by atoms with Gasteiger partial charge in [-0.1, -0.05) is 39.0 Å². The van der Waals surface area contributed by atoms with Crippen LogP contribution in [-0.2, 0) is 11.8 Å². The standard InChI is InChI=1S/C17H21NO/c1-17(2,3)15-7-8-16(19-4)14(11-15)10-13-6-5-9-18-12-13/h5-9,11-12H,10H2,1-4H3. The van der Waals surface area contributed by atoms with Crippen LogP contribution >= 0.6 is 0 Å². The van der Waals surface area contributed by atoms with Gasteiger partial charge in [0.15, 0.2) is 0 Å². The van der Waals surface area contributed by atoms with Gasteiger partial charge in [0.05, 0.1) is 7.11 Å². The van der Waals surface area contributed by atoms with E-state index in [0.29, 0.717) is 0 Å². The van der Waals surface area contributed by atoms with Crippen LogP contribution in [0.4, 0.5) is 0 Å². The summed E-state index contributed by atoms with van der Waals surface area (Å²) in [6.45, 7) is 6.67. The van der Waals surface area contributed by atoms with Crippen molar-refractivity contribution in [1.29, 1.82) is 0 Å². The molecule has 0 N–H and O–H groups in total. The van der Waals surface area contributed by atoms with Crippen molar-refractivity contribution in [1.82, 2.24) is 4.98 Å². The molecule has 1 heterocycles. The molecule has 0 aliphatic heterocycles. The average Bonchev–Trinajstić information content (AvgIpc) is 2.39. The molecule has 0 aliphatic rings. The van der Waals surface area contributed by atoms with E-state index in [1.807, 2.05) is 12.3 Å².